The second-order valence-corrected chi connectivity index (χ2v) is 5.95. The van der Waals surface area contributed by atoms with Gasteiger partial charge in [0.05, 0.1) is 19.1 Å². The van der Waals surface area contributed by atoms with Gasteiger partial charge >= 0.3 is 5.97 Å². The third kappa shape index (κ3) is 4.56. The van der Waals surface area contributed by atoms with Crippen molar-refractivity contribution < 1.29 is 14.3 Å². The Bertz CT molecular complexity index is 817. The number of nitrogens with one attached hydrogen (secondary N) is 1. The van der Waals surface area contributed by atoms with Crippen LogP contribution in [0.2, 0.25) is 0 Å². The summed E-state index contributed by atoms with van der Waals surface area (Å²) < 4.78 is 6.08. The predicted octanol–water partition coefficient (Wildman–Crippen LogP) is 1.93. The molecular weight excluding hydrogens is 334 g/mol. The Balaban J connectivity index is 2.30. The molecule has 2 aromatic rings. The Labute approximate surface area is 152 Å². The highest BCUT2D eigenvalue weighted by Crippen LogP contribution is 2.23. The van der Waals surface area contributed by atoms with Crippen molar-refractivity contribution in [2.45, 2.75) is 32.9 Å². The minimum absolute atomic E-state index is 0.121. The van der Waals surface area contributed by atoms with Crippen LogP contribution in [0.5, 0.6) is 0 Å². The van der Waals surface area contributed by atoms with E-state index < -0.39 is 23.8 Å². The molecule has 2 rings (SSSR count). The first-order valence-electron chi connectivity index (χ1n) is 8.49. The molecule has 0 fully saturated rings. The fourth-order valence-corrected chi connectivity index (χ4v) is 2.64. The van der Waals surface area contributed by atoms with Crippen molar-refractivity contribution in [2.24, 2.45) is 5.92 Å². The first-order valence-corrected chi connectivity index (χ1v) is 8.49. The van der Waals surface area contributed by atoms with Crippen LogP contribution in [0.3, 0.4) is 0 Å². The normalized spacial score (nSPS) is 12.9. The first-order chi connectivity index (χ1) is 12.5. The second-order valence-electron chi connectivity index (χ2n) is 5.95. The molecule has 1 N–H and O–H groups in total. The van der Waals surface area contributed by atoms with Gasteiger partial charge in [-0.25, -0.2) is 4.68 Å². The van der Waals surface area contributed by atoms with Gasteiger partial charge in [0.1, 0.15) is 5.69 Å². The van der Waals surface area contributed by atoms with Gasteiger partial charge in [0.25, 0.3) is 11.5 Å². The summed E-state index contributed by atoms with van der Waals surface area (Å²) in [5, 5.41) is 6.94. The smallest absolute Gasteiger partial charge is 0.310 e. The third-order valence-corrected chi connectivity index (χ3v) is 4.05. The van der Waals surface area contributed by atoms with E-state index in [1.807, 2.05) is 37.3 Å². The lowest BCUT2D eigenvalue weighted by Gasteiger charge is -2.24. The number of hydrogen-bond donors (Lipinski definition) is 1. The fourth-order valence-electron chi connectivity index (χ4n) is 2.64. The first kappa shape index (κ1) is 19.4. The van der Waals surface area contributed by atoms with Crippen LogP contribution in [0.25, 0.3) is 0 Å². The molecule has 7 nitrogen and oxygen atoms in total. The van der Waals surface area contributed by atoms with E-state index in [1.165, 1.54) is 23.9 Å². The SMILES string of the molecule is CCCn1nc(C(=O)N[C@@H](c2ccccc2)[C@@H](C)C(=O)OC)ccc1=O. The molecule has 26 heavy (non-hydrogen) atoms. The molecule has 0 saturated carbocycles. The van der Waals surface area contributed by atoms with E-state index in [9.17, 15) is 14.4 Å². The molecule has 0 aliphatic carbocycles. The van der Waals surface area contributed by atoms with Crippen LogP contribution in [0.1, 0.15) is 42.4 Å². The summed E-state index contributed by atoms with van der Waals surface area (Å²) in [7, 11) is 1.31. The number of esters is 1. The fraction of sp³-hybridized carbons (Fsp3) is 0.368. The molecule has 0 bridgehead atoms. The van der Waals surface area contributed by atoms with Crippen molar-refractivity contribution in [3.63, 3.8) is 0 Å². The van der Waals surface area contributed by atoms with Crippen molar-refractivity contribution in [2.75, 3.05) is 7.11 Å². The van der Waals surface area contributed by atoms with Gasteiger partial charge in [-0.05, 0) is 25.0 Å². The number of carbonyl (C=O) groups excluding carboxylic acids is 2. The van der Waals surface area contributed by atoms with Crippen LogP contribution < -0.4 is 10.9 Å². The highest BCUT2D eigenvalue weighted by molar-refractivity contribution is 5.92. The third-order valence-electron chi connectivity index (χ3n) is 4.05. The predicted molar refractivity (Wildman–Crippen MR) is 96.6 cm³/mol. The van der Waals surface area contributed by atoms with Gasteiger partial charge in [-0.2, -0.15) is 5.10 Å². The molecule has 0 aliphatic heterocycles. The average Bonchev–Trinajstić information content (AvgIpc) is 2.67. The van der Waals surface area contributed by atoms with Gasteiger partial charge in [-0.3, -0.25) is 14.4 Å². The van der Waals surface area contributed by atoms with E-state index in [0.29, 0.717) is 6.54 Å². The minimum atomic E-state index is -0.590. The Kier molecular flexibility index (Phi) is 6.66. The van der Waals surface area contributed by atoms with Gasteiger partial charge in [0, 0.05) is 12.6 Å². The maximum Gasteiger partial charge on any atom is 0.310 e. The van der Waals surface area contributed by atoms with Gasteiger partial charge < -0.3 is 10.1 Å². The lowest BCUT2D eigenvalue weighted by atomic mass is 9.94. The van der Waals surface area contributed by atoms with Gasteiger partial charge in [-0.1, -0.05) is 37.3 Å². The Hall–Kier alpha value is -2.96. The van der Waals surface area contributed by atoms with E-state index in [2.05, 4.69) is 10.4 Å². The van der Waals surface area contributed by atoms with Crippen molar-refractivity contribution in [1.29, 1.82) is 0 Å². The zero-order valence-corrected chi connectivity index (χ0v) is 15.1. The average molecular weight is 357 g/mol. The molecule has 0 unspecified atom stereocenters. The number of methoxy groups -OCH3 is 1. The van der Waals surface area contributed by atoms with Crippen LogP contribution in [0.4, 0.5) is 0 Å². The van der Waals surface area contributed by atoms with Crippen molar-refractivity contribution in [3.05, 3.63) is 64.1 Å². The highest BCUT2D eigenvalue weighted by Gasteiger charge is 2.28. The summed E-state index contributed by atoms with van der Waals surface area (Å²) in [4.78, 5) is 36.4. The Morgan fingerprint density at radius 2 is 1.88 bits per heavy atom. The molecule has 1 aromatic carbocycles. The number of ether oxygens (including phenoxy) is 1. The molecule has 0 spiro atoms. The molecule has 1 heterocycles. The number of aryl methyl sites for hydroxylation is 1. The van der Waals surface area contributed by atoms with Gasteiger partial charge in [0.15, 0.2) is 0 Å². The lowest BCUT2D eigenvalue weighted by Crippen LogP contribution is -2.37. The summed E-state index contributed by atoms with van der Waals surface area (Å²) in [5.41, 5.74) is 0.641. The maximum absolute atomic E-state index is 12.7. The van der Waals surface area contributed by atoms with Crippen LogP contribution in [-0.4, -0.2) is 28.8 Å². The summed E-state index contributed by atoms with van der Waals surface area (Å²) >= 11 is 0. The maximum atomic E-state index is 12.7. The van der Waals surface area contributed by atoms with Crippen LogP contribution in [0, 0.1) is 5.92 Å². The molecule has 0 radical (unpaired) electrons. The van der Waals surface area contributed by atoms with Crippen molar-refractivity contribution >= 4 is 11.9 Å². The summed E-state index contributed by atoms with van der Waals surface area (Å²) in [5.74, 6) is -1.48. The molecule has 2 atom stereocenters. The number of carbonyl (C=O) groups is 2. The molecule has 1 amide bonds. The zero-order chi connectivity index (χ0) is 19.1. The van der Waals surface area contributed by atoms with E-state index in [4.69, 9.17) is 4.74 Å². The van der Waals surface area contributed by atoms with Gasteiger partial charge in [-0.15, -0.1) is 0 Å². The molecule has 138 valence electrons. The van der Waals surface area contributed by atoms with Crippen molar-refractivity contribution in [3.8, 4) is 0 Å². The molecule has 0 saturated heterocycles. The number of hydrogen-bond acceptors (Lipinski definition) is 5. The lowest BCUT2D eigenvalue weighted by molar-refractivity contribution is -0.145. The number of nitrogens with zero attached hydrogens (tertiary/aromatic N) is 2. The summed E-state index contributed by atoms with van der Waals surface area (Å²) in [6.07, 6.45) is 0.726. The zero-order valence-electron chi connectivity index (χ0n) is 15.1. The quantitative estimate of drug-likeness (QED) is 0.765. The molecule has 0 aliphatic rings. The van der Waals surface area contributed by atoms with E-state index in [1.54, 1.807) is 6.92 Å². The van der Waals surface area contributed by atoms with Crippen LogP contribution in [0.15, 0.2) is 47.3 Å². The van der Waals surface area contributed by atoms with Crippen molar-refractivity contribution in [1.82, 2.24) is 15.1 Å². The molecule has 7 heteroatoms. The summed E-state index contributed by atoms with van der Waals surface area (Å²) in [6, 6.07) is 11.3. The highest BCUT2D eigenvalue weighted by atomic mass is 16.5. The van der Waals surface area contributed by atoms with E-state index in [0.717, 1.165) is 12.0 Å². The molecular formula is C19H23N3O4. The largest absolute Gasteiger partial charge is 0.469 e. The number of benzene rings is 1. The monoisotopic (exact) mass is 357 g/mol. The van der Waals surface area contributed by atoms with Gasteiger partial charge in [0.2, 0.25) is 0 Å². The molecule has 1 aromatic heterocycles. The Morgan fingerprint density at radius 1 is 1.19 bits per heavy atom. The Morgan fingerprint density at radius 3 is 2.50 bits per heavy atom. The summed E-state index contributed by atoms with van der Waals surface area (Å²) in [6.45, 7) is 4.04. The standard InChI is InChI=1S/C19H23N3O4/c1-4-12-22-16(23)11-10-15(21-22)18(24)20-17(13(2)19(25)26-3)14-8-6-5-7-9-14/h5-11,13,17H,4,12H2,1-3H3,(H,20,24)/t13-,17-/m1/s1. The second kappa shape index (κ2) is 8.94. The topological polar surface area (TPSA) is 90.3 Å². The number of amides is 1. The van der Waals surface area contributed by atoms with Crippen LogP contribution >= 0.6 is 0 Å². The van der Waals surface area contributed by atoms with E-state index >= 15 is 0 Å². The number of rotatable bonds is 7. The van der Waals surface area contributed by atoms with Crippen LogP contribution in [-0.2, 0) is 16.1 Å². The number of aromatic nitrogens is 2. The van der Waals surface area contributed by atoms with E-state index in [-0.39, 0.29) is 11.3 Å². The minimum Gasteiger partial charge on any atom is -0.469 e.